The van der Waals surface area contributed by atoms with Crippen LogP contribution in [0.3, 0.4) is 0 Å². The van der Waals surface area contributed by atoms with Crippen LogP contribution in [0.15, 0.2) is 0 Å². The minimum atomic E-state index is -0.561. The number of rotatable bonds is 3. The quantitative estimate of drug-likeness (QED) is 0.423. The molecule has 9 heteroatoms. The van der Waals surface area contributed by atoms with Gasteiger partial charge in [-0.25, -0.2) is 4.79 Å². The van der Waals surface area contributed by atoms with E-state index in [9.17, 15) is 4.79 Å². The van der Waals surface area contributed by atoms with Gasteiger partial charge in [-0.1, -0.05) is 5.10 Å². The minimum absolute atomic E-state index is 0. The second-order valence-corrected chi connectivity index (χ2v) is 2.41. The van der Waals surface area contributed by atoms with Gasteiger partial charge in [0, 0.05) is 36.1 Å². The van der Waals surface area contributed by atoms with Crippen molar-refractivity contribution in [3.8, 4) is 0 Å². The molecule has 0 aliphatic carbocycles. The maximum Gasteiger partial charge on any atom is 0.312 e. The fourth-order valence-corrected chi connectivity index (χ4v) is 0.777. The molecule has 0 fully saturated rings. The molecule has 67 valence electrons. The van der Waals surface area contributed by atoms with Crippen molar-refractivity contribution < 1.29 is 4.79 Å². The van der Waals surface area contributed by atoms with E-state index in [4.69, 9.17) is 5.73 Å². The molecular weight excluding hydrogens is 203 g/mol. The maximum atomic E-state index is 10.2. The van der Waals surface area contributed by atoms with E-state index in [1.165, 1.54) is 4.80 Å². The van der Waals surface area contributed by atoms with Crippen molar-refractivity contribution in [1.29, 1.82) is 0 Å². The molecule has 0 atom stereocenters. The van der Waals surface area contributed by atoms with Gasteiger partial charge in [-0.3, -0.25) is 5.10 Å². The summed E-state index contributed by atoms with van der Waals surface area (Å²) in [6, 6.07) is -0.561. The summed E-state index contributed by atoms with van der Waals surface area (Å²) in [5.41, 5.74) is 4.84. The molecule has 7 nitrogen and oxygen atoms in total. The van der Waals surface area contributed by atoms with E-state index in [0.717, 1.165) is 0 Å². The van der Waals surface area contributed by atoms with E-state index in [2.05, 4.69) is 32.9 Å². The Hall–Kier alpha value is -0.440. The molecule has 1 radical (unpaired) electrons. The summed E-state index contributed by atoms with van der Waals surface area (Å²) in [7, 11) is 0. The van der Waals surface area contributed by atoms with Gasteiger partial charge >= 0.3 is 6.03 Å². The molecule has 0 saturated heterocycles. The van der Waals surface area contributed by atoms with Crippen LogP contribution in [0.1, 0.15) is 0 Å². The van der Waals surface area contributed by atoms with Crippen LogP contribution in [-0.4, -0.2) is 62.3 Å². The van der Waals surface area contributed by atoms with Crippen LogP contribution in [0, 0.1) is 4.77 Å². The zero-order valence-corrected chi connectivity index (χ0v) is 9.97. The van der Waals surface area contributed by atoms with Gasteiger partial charge in [0.15, 0.2) is 0 Å². The number of hydrogen-bond acceptors (Lipinski definition) is 4. The zero-order chi connectivity index (χ0) is 8.97. The molecule has 1 rings (SSSR count). The van der Waals surface area contributed by atoms with Gasteiger partial charge in [0.25, 0.3) is 0 Å². The van der Waals surface area contributed by atoms with Crippen molar-refractivity contribution in [2.75, 3.05) is 6.54 Å². The van der Waals surface area contributed by atoms with Crippen molar-refractivity contribution in [3.05, 3.63) is 4.77 Å². The molecule has 1 aromatic rings. The summed E-state index contributed by atoms with van der Waals surface area (Å²) in [4.78, 5) is 11.6. The van der Waals surface area contributed by atoms with Gasteiger partial charge in [0.1, 0.15) is 0 Å². The first-order chi connectivity index (χ1) is 5.68. The predicted molar refractivity (Wildman–Crippen MR) is 48.5 cm³/mol. The molecule has 0 aliphatic rings. The number of carbonyl (C=O) groups is 1. The largest absolute Gasteiger partial charge is 0.352 e. The summed E-state index contributed by atoms with van der Waals surface area (Å²) in [6.45, 7) is 0.858. The smallest absolute Gasteiger partial charge is 0.312 e. The molecule has 1 heterocycles. The minimum Gasteiger partial charge on any atom is -0.352 e. The Morgan fingerprint density at radius 1 is 1.77 bits per heavy atom. The molecule has 0 bridgehead atoms. The number of aromatic nitrogens is 4. The van der Waals surface area contributed by atoms with Crippen molar-refractivity contribution in [2.45, 2.75) is 6.54 Å². The predicted octanol–water partition coefficient (Wildman–Crippen LogP) is -1.38. The average molecular weight is 211 g/mol. The van der Waals surface area contributed by atoms with E-state index in [0.29, 0.717) is 17.9 Å². The van der Waals surface area contributed by atoms with E-state index in [1.807, 2.05) is 0 Å². The number of tetrazole rings is 1. The number of aromatic amines is 1. The molecule has 2 amide bonds. The van der Waals surface area contributed by atoms with Gasteiger partial charge in [0.2, 0.25) is 4.77 Å². The fraction of sp³-hybridized carbons (Fsp3) is 0.500. The molecule has 0 unspecified atom stereocenters. The maximum absolute atomic E-state index is 10.2. The number of nitrogens with two attached hydrogens (primary N) is 1. The van der Waals surface area contributed by atoms with E-state index in [-0.39, 0.29) is 29.6 Å². The molecule has 13 heavy (non-hydrogen) atoms. The van der Waals surface area contributed by atoms with Crippen molar-refractivity contribution >= 4 is 47.8 Å². The van der Waals surface area contributed by atoms with Crippen LogP contribution < -0.4 is 11.1 Å². The Labute approximate surface area is 101 Å². The molecular formula is C4H8N6NaOS. The number of H-pyrrole nitrogens is 1. The third kappa shape index (κ3) is 4.98. The molecule has 0 saturated carbocycles. The standard InChI is InChI=1S/C4H8N6OS.Na/c5-3(11)6-1-2-10-8-4(12)7-9-10;/h1-2H2,(H,8,12)(H3,5,6,11);. The second kappa shape index (κ2) is 6.08. The van der Waals surface area contributed by atoms with E-state index >= 15 is 0 Å². The zero-order valence-electron chi connectivity index (χ0n) is 7.15. The van der Waals surface area contributed by atoms with Gasteiger partial charge in [-0.2, -0.15) is 4.80 Å². The van der Waals surface area contributed by atoms with Crippen molar-refractivity contribution in [1.82, 2.24) is 25.5 Å². The first-order valence-corrected chi connectivity index (χ1v) is 3.62. The van der Waals surface area contributed by atoms with Crippen LogP contribution in [-0.2, 0) is 6.54 Å². The second-order valence-electron chi connectivity index (χ2n) is 2.02. The van der Waals surface area contributed by atoms with Gasteiger partial charge in [0.05, 0.1) is 6.54 Å². The molecule has 0 aromatic carbocycles. The monoisotopic (exact) mass is 211 g/mol. The third-order valence-electron chi connectivity index (χ3n) is 1.09. The van der Waals surface area contributed by atoms with Gasteiger partial charge in [-0.15, -0.1) is 0 Å². The Morgan fingerprint density at radius 3 is 2.92 bits per heavy atom. The van der Waals surface area contributed by atoms with Crippen LogP contribution in [0.2, 0.25) is 0 Å². The first-order valence-electron chi connectivity index (χ1n) is 3.21. The molecule has 0 spiro atoms. The number of amides is 2. The van der Waals surface area contributed by atoms with E-state index < -0.39 is 6.03 Å². The first kappa shape index (κ1) is 12.6. The normalized spacial score (nSPS) is 8.92. The number of carbonyl (C=O) groups excluding carboxylic acids is 1. The Balaban J connectivity index is 0.00000144. The number of hydrogen-bond donors (Lipinski definition) is 3. The number of nitrogens with zero attached hydrogens (tertiary/aromatic N) is 3. The van der Waals surface area contributed by atoms with Gasteiger partial charge in [-0.05, 0) is 17.4 Å². The summed E-state index contributed by atoms with van der Waals surface area (Å²) in [6.07, 6.45) is 0. The number of nitrogens with one attached hydrogen (secondary N) is 2. The van der Waals surface area contributed by atoms with Crippen LogP contribution in [0.25, 0.3) is 0 Å². The average Bonchev–Trinajstić information content (AvgIpc) is 2.35. The van der Waals surface area contributed by atoms with Crippen molar-refractivity contribution in [3.63, 3.8) is 0 Å². The summed E-state index contributed by atoms with van der Waals surface area (Å²) >= 11 is 4.67. The molecule has 0 aliphatic heterocycles. The van der Waals surface area contributed by atoms with Crippen molar-refractivity contribution in [2.24, 2.45) is 5.73 Å². The van der Waals surface area contributed by atoms with Crippen LogP contribution in [0.4, 0.5) is 4.79 Å². The SMILES string of the molecule is NC(=O)NCCn1nnc(=S)[nH]1.[Na]. The summed E-state index contributed by atoms with van der Waals surface area (Å²) in [5, 5.41) is 12.2. The van der Waals surface area contributed by atoms with E-state index in [1.54, 1.807) is 0 Å². The molecule has 1 aromatic heterocycles. The number of primary amides is 1. The Morgan fingerprint density at radius 2 is 2.46 bits per heavy atom. The fourth-order valence-electron chi connectivity index (χ4n) is 0.635. The topological polar surface area (TPSA) is 102 Å². The van der Waals surface area contributed by atoms with Crippen LogP contribution in [0.5, 0.6) is 0 Å². The Kier molecular flexibility index (Phi) is 5.88. The molecule has 4 N–H and O–H groups in total. The summed E-state index contributed by atoms with van der Waals surface area (Å²) in [5.74, 6) is 0. The van der Waals surface area contributed by atoms with Crippen LogP contribution >= 0.6 is 12.2 Å². The summed E-state index contributed by atoms with van der Waals surface area (Å²) < 4.78 is 0.314. The number of urea groups is 1. The Bertz CT molecular complexity index is 320. The third-order valence-corrected chi connectivity index (χ3v) is 1.26. The van der Waals surface area contributed by atoms with Gasteiger partial charge < -0.3 is 11.1 Å².